The Hall–Kier alpha value is -1.61. The van der Waals surface area contributed by atoms with E-state index in [9.17, 15) is 4.79 Å². The molecule has 0 saturated carbocycles. The highest BCUT2D eigenvalue weighted by atomic mass is 79.9. The molecule has 0 fully saturated rings. The molecule has 0 amide bonds. The van der Waals surface area contributed by atoms with Crippen LogP contribution in [-0.4, -0.2) is 5.78 Å². The fourth-order valence-electron chi connectivity index (χ4n) is 1.93. The van der Waals surface area contributed by atoms with E-state index >= 15 is 0 Å². The van der Waals surface area contributed by atoms with Gasteiger partial charge in [0.25, 0.3) is 0 Å². The lowest BCUT2D eigenvalue weighted by molar-refractivity contribution is 0.103. The lowest BCUT2D eigenvalue weighted by Crippen LogP contribution is -2.02. The first kappa shape index (κ1) is 13.8. The van der Waals surface area contributed by atoms with Crippen molar-refractivity contribution in [2.45, 2.75) is 19.8 Å². The number of hydrogen-bond acceptors (Lipinski definition) is 2. The number of anilines is 1. The molecule has 3 heteroatoms. The Balaban J connectivity index is 2.33. The molecule has 0 aliphatic carbocycles. The summed E-state index contributed by atoms with van der Waals surface area (Å²) in [6.07, 6.45) is 0. The van der Waals surface area contributed by atoms with E-state index in [0.717, 1.165) is 4.47 Å². The van der Waals surface area contributed by atoms with Gasteiger partial charge in [-0.2, -0.15) is 0 Å². The second-order valence-electron chi connectivity index (χ2n) is 4.88. The molecule has 0 aliphatic heterocycles. The third-order valence-corrected chi connectivity index (χ3v) is 3.48. The van der Waals surface area contributed by atoms with Crippen LogP contribution in [0.15, 0.2) is 46.9 Å². The molecule has 2 aromatic rings. The van der Waals surface area contributed by atoms with Crippen LogP contribution < -0.4 is 5.73 Å². The van der Waals surface area contributed by atoms with Gasteiger partial charge in [0.15, 0.2) is 5.78 Å². The van der Waals surface area contributed by atoms with E-state index in [-0.39, 0.29) is 5.78 Å². The molecule has 0 saturated heterocycles. The van der Waals surface area contributed by atoms with Crippen molar-refractivity contribution in [1.29, 1.82) is 0 Å². The molecule has 2 rings (SSSR count). The molecular formula is C16H16BrNO. The van der Waals surface area contributed by atoms with Crippen molar-refractivity contribution in [3.8, 4) is 0 Å². The van der Waals surface area contributed by atoms with E-state index < -0.39 is 0 Å². The van der Waals surface area contributed by atoms with Crippen molar-refractivity contribution in [3.05, 3.63) is 63.6 Å². The number of benzene rings is 2. The number of rotatable bonds is 3. The van der Waals surface area contributed by atoms with E-state index in [0.29, 0.717) is 22.7 Å². The molecule has 0 aromatic heterocycles. The fraction of sp³-hybridized carbons (Fsp3) is 0.188. The Morgan fingerprint density at radius 3 is 2.21 bits per heavy atom. The summed E-state index contributed by atoms with van der Waals surface area (Å²) in [7, 11) is 0. The van der Waals surface area contributed by atoms with Crippen molar-refractivity contribution >= 4 is 27.4 Å². The Morgan fingerprint density at radius 2 is 1.68 bits per heavy atom. The minimum atomic E-state index is -0.0108. The van der Waals surface area contributed by atoms with Gasteiger partial charge in [0.2, 0.25) is 0 Å². The van der Waals surface area contributed by atoms with Crippen molar-refractivity contribution < 1.29 is 4.79 Å². The molecule has 19 heavy (non-hydrogen) atoms. The normalized spacial score (nSPS) is 10.7. The third kappa shape index (κ3) is 3.24. The van der Waals surface area contributed by atoms with Crippen LogP contribution in [-0.2, 0) is 0 Å². The summed E-state index contributed by atoms with van der Waals surface area (Å²) >= 11 is 3.35. The van der Waals surface area contributed by atoms with E-state index in [4.69, 9.17) is 5.73 Å². The van der Waals surface area contributed by atoms with E-state index in [1.807, 2.05) is 24.3 Å². The predicted molar refractivity (Wildman–Crippen MR) is 82.5 cm³/mol. The smallest absolute Gasteiger partial charge is 0.193 e. The highest BCUT2D eigenvalue weighted by Crippen LogP contribution is 2.21. The van der Waals surface area contributed by atoms with Gasteiger partial charge in [-0.15, -0.1) is 0 Å². The minimum absolute atomic E-state index is 0.0108. The lowest BCUT2D eigenvalue weighted by Gasteiger charge is -2.07. The van der Waals surface area contributed by atoms with E-state index in [1.165, 1.54) is 5.56 Å². The second kappa shape index (κ2) is 5.57. The van der Waals surface area contributed by atoms with Crippen LogP contribution in [0.5, 0.6) is 0 Å². The summed E-state index contributed by atoms with van der Waals surface area (Å²) in [4.78, 5) is 12.4. The molecule has 0 unspecified atom stereocenters. The number of carbonyl (C=O) groups excluding carboxylic acids is 1. The summed E-state index contributed by atoms with van der Waals surface area (Å²) in [5, 5.41) is 0. The predicted octanol–water partition coefficient (Wildman–Crippen LogP) is 4.39. The Labute approximate surface area is 121 Å². The average Bonchev–Trinajstić information content (AvgIpc) is 2.37. The maximum absolute atomic E-state index is 12.4. The summed E-state index contributed by atoms with van der Waals surface area (Å²) in [6, 6.07) is 13.0. The van der Waals surface area contributed by atoms with Gasteiger partial charge in [-0.25, -0.2) is 0 Å². The van der Waals surface area contributed by atoms with E-state index in [2.05, 4.69) is 29.8 Å². The van der Waals surface area contributed by atoms with Gasteiger partial charge in [0, 0.05) is 21.3 Å². The number of ketones is 1. The van der Waals surface area contributed by atoms with Crippen molar-refractivity contribution in [2.24, 2.45) is 0 Å². The van der Waals surface area contributed by atoms with Crippen molar-refractivity contribution in [1.82, 2.24) is 0 Å². The molecule has 0 heterocycles. The highest BCUT2D eigenvalue weighted by molar-refractivity contribution is 9.10. The third-order valence-electron chi connectivity index (χ3n) is 3.02. The van der Waals surface area contributed by atoms with E-state index in [1.54, 1.807) is 18.2 Å². The van der Waals surface area contributed by atoms with Crippen LogP contribution in [0.3, 0.4) is 0 Å². The van der Waals surface area contributed by atoms with Gasteiger partial charge in [-0.1, -0.05) is 54.0 Å². The zero-order valence-corrected chi connectivity index (χ0v) is 12.6. The van der Waals surface area contributed by atoms with Crippen LogP contribution in [0.25, 0.3) is 0 Å². The van der Waals surface area contributed by atoms with Crippen LogP contribution in [0, 0.1) is 0 Å². The average molecular weight is 318 g/mol. The summed E-state index contributed by atoms with van der Waals surface area (Å²) in [5.41, 5.74) is 8.85. The van der Waals surface area contributed by atoms with Gasteiger partial charge in [0.1, 0.15) is 0 Å². The van der Waals surface area contributed by atoms with Crippen LogP contribution in [0.1, 0.15) is 41.3 Å². The molecule has 2 aromatic carbocycles. The SMILES string of the molecule is CC(C)c1ccc(C(=O)c2cc(N)cc(Br)c2)cc1. The topological polar surface area (TPSA) is 43.1 Å². The Kier molecular flexibility index (Phi) is 4.05. The lowest BCUT2D eigenvalue weighted by atomic mass is 9.98. The summed E-state index contributed by atoms with van der Waals surface area (Å²) < 4.78 is 0.814. The standard InChI is InChI=1S/C16H16BrNO/c1-10(2)11-3-5-12(6-4-11)16(19)13-7-14(17)9-15(18)8-13/h3-10H,18H2,1-2H3. The molecule has 0 bridgehead atoms. The number of hydrogen-bond donors (Lipinski definition) is 1. The fourth-order valence-corrected chi connectivity index (χ4v) is 2.44. The Morgan fingerprint density at radius 1 is 1.05 bits per heavy atom. The van der Waals surface area contributed by atoms with Gasteiger partial charge in [-0.05, 0) is 29.7 Å². The first-order chi connectivity index (χ1) is 8.97. The maximum atomic E-state index is 12.4. The number of nitrogen functional groups attached to an aromatic ring is 1. The Bertz CT molecular complexity index is 582. The molecule has 0 aliphatic rings. The van der Waals surface area contributed by atoms with Crippen LogP contribution >= 0.6 is 15.9 Å². The first-order valence-electron chi connectivity index (χ1n) is 6.18. The molecule has 98 valence electrons. The zero-order chi connectivity index (χ0) is 14.0. The number of nitrogens with two attached hydrogens (primary N) is 1. The van der Waals surface area contributed by atoms with Gasteiger partial charge in [-0.3, -0.25) is 4.79 Å². The minimum Gasteiger partial charge on any atom is -0.399 e. The number of carbonyl (C=O) groups is 1. The monoisotopic (exact) mass is 317 g/mol. The quantitative estimate of drug-likeness (QED) is 0.674. The summed E-state index contributed by atoms with van der Waals surface area (Å²) in [5.74, 6) is 0.453. The molecule has 0 atom stereocenters. The van der Waals surface area contributed by atoms with Crippen LogP contribution in [0.4, 0.5) is 5.69 Å². The van der Waals surface area contributed by atoms with Crippen molar-refractivity contribution in [3.63, 3.8) is 0 Å². The molecule has 0 radical (unpaired) electrons. The number of halogens is 1. The molecule has 2 nitrogen and oxygen atoms in total. The highest BCUT2D eigenvalue weighted by Gasteiger charge is 2.10. The largest absolute Gasteiger partial charge is 0.399 e. The van der Waals surface area contributed by atoms with Crippen molar-refractivity contribution in [2.75, 3.05) is 5.73 Å². The molecular weight excluding hydrogens is 302 g/mol. The van der Waals surface area contributed by atoms with Crippen LogP contribution in [0.2, 0.25) is 0 Å². The van der Waals surface area contributed by atoms with Gasteiger partial charge in [0.05, 0.1) is 0 Å². The first-order valence-corrected chi connectivity index (χ1v) is 6.97. The van der Waals surface area contributed by atoms with Gasteiger partial charge >= 0.3 is 0 Å². The maximum Gasteiger partial charge on any atom is 0.193 e. The van der Waals surface area contributed by atoms with Gasteiger partial charge < -0.3 is 5.73 Å². The second-order valence-corrected chi connectivity index (χ2v) is 5.79. The zero-order valence-electron chi connectivity index (χ0n) is 11.0. The molecule has 0 spiro atoms. The molecule has 2 N–H and O–H groups in total. The summed E-state index contributed by atoms with van der Waals surface area (Å²) in [6.45, 7) is 4.26.